The van der Waals surface area contributed by atoms with Gasteiger partial charge in [0.15, 0.2) is 0 Å². The minimum absolute atomic E-state index is 0. The molecule has 0 saturated carbocycles. The number of carboxylic acids is 1. The Bertz CT molecular complexity index is 777. The van der Waals surface area contributed by atoms with Crippen LogP contribution in [0.15, 0.2) is 24.3 Å². The minimum Gasteiger partial charge on any atom is -0.480 e. The molecule has 23 heavy (non-hydrogen) atoms. The molecule has 0 unspecified atom stereocenters. The Morgan fingerprint density at radius 3 is 2.57 bits per heavy atom. The molecule has 1 atom stereocenters. The summed E-state index contributed by atoms with van der Waals surface area (Å²) in [6, 6.07) is 5.96. The molecule has 1 aromatic carbocycles. The summed E-state index contributed by atoms with van der Waals surface area (Å²) in [6.45, 7) is 1.90. The summed E-state index contributed by atoms with van der Waals surface area (Å²) in [5.41, 5.74) is 7.77. The van der Waals surface area contributed by atoms with E-state index < -0.39 is 25.8 Å². The van der Waals surface area contributed by atoms with Crippen LogP contribution in [0.4, 0.5) is 0 Å². The zero-order valence-electron chi connectivity index (χ0n) is 12.3. The number of nitrogens with zero attached hydrogens (tertiary/aromatic N) is 1. The summed E-state index contributed by atoms with van der Waals surface area (Å²) < 4.78 is 11.3. The van der Waals surface area contributed by atoms with Gasteiger partial charge in [-0.1, -0.05) is 12.1 Å². The average molecular weight is 361 g/mol. The van der Waals surface area contributed by atoms with Crippen LogP contribution in [-0.2, 0) is 21.9 Å². The number of benzene rings is 1. The van der Waals surface area contributed by atoms with Gasteiger partial charge in [-0.25, -0.2) is 0 Å². The van der Waals surface area contributed by atoms with Crippen LogP contribution in [0.25, 0.3) is 10.9 Å². The molecule has 9 heteroatoms. The van der Waals surface area contributed by atoms with E-state index in [1.807, 2.05) is 25.1 Å². The van der Waals surface area contributed by atoms with E-state index in [2.05, 4.69) is 4.98 Å². The van der Waals surface area contributed by atoms with Gasteiger partial charge in [-0.15, -0.1) is 12.4 Å². The maximum Gasteiger partial charge on any atom is 0.329 e. The van der Waals surface area contributed by atoms with Crippen LogP contribution in [0.1, 0.15) is 16.8 Å². The maximum atomic E-state index is 11.3. The van der Waals surface area contributed by atoms with Gasteiger partial charge in [0.05, 0.1) is 11.7 Å². The van der Waals surface area contributed by atoms with Crippen molar-refractivity contribution in [3.8, 4) is 0 Å². The first kappa shape index (κ1) is 19.5. The fraction of sp³-hybridized carbons (Fsp3) is 0.286. The number of carbonyl (C=O) groups is 1. The molecule has 0 aliphatic rings. The second-order valence-corrected chi connectivity index (χ2v) is 6.91. The predicted octanol–water partition coefficient (Wildman–Crippen LogP) is 1.60. The fourth-order valence-electron chi connectivity index (χ4n) is 2.19. The van der Waals surface area contributed by atoms with E-state index in [1.165, 1.54) is 0 Å². The highest BCUT2D eigenvalue weighted by Gasteiger charge is 2.21. The van der Waals surface area contributed by atoms with Gasteiger partial charge in [0.2, 0.25) is 0 Å². The number of aryl methyl sites for hydroxylation is 1. The van der Waals surface area contributed by atoms with Crippen molar-refractivity contribution >= 4 is 36.9 Å². The summed E-state index contributed by atoms with van der Waals surface area (Å²) in [4.78, 5) is 33.6. The smallest absolute Gasteiger partial charge is 0.329 e. The normalized spacial score (nSPS) is 12.7. The standard InChI is InChI=1S/C14H17N2O5P.ClH/c1-8-2-3-9-5-10(7-22(19,20)21)13(16-12(9)4-8)6-11(15)14(17)18;/h2-5,11H,6-7,15H2,1H3,(H,17,18)(H2,19,20,21);1H/t11-;/m1./s1. The highest BCUT2D eigenvalue weighted by atomic mass is 35.5. The lowest BCUT2D eigenvalue weighted by molar-refractivity contribution is -0.138. The molecular formula is C14H18ClN2O5P. The second kappa shape index (κ2) is 7.38. The Labute approximate surface area is 139 Å². The van der Waals surface area contributed by atoms with Crippen LogP contribution in [0.5, 0.6) is 0 Å². The van der Waals surface area contributed by atoms with Crippen LogP contribution in [-0.4, -0.2) is 31.9 Å². The zero-order valence-corrected chi connectivity index (χ0v) is 14.1. The lowest BCUT2D eigenvalue weighted by Crippen LogP contribution is -2.33. The van der Waals surface area contributed by atoms with Gasteiger partial charge < -0.3 is 20.6 Å². The Morgan fingerprint density at radius 1 is 1.35 bits per heavy atom. The van der Waals surface area contributed by atoms with Crippen molar-refractivity contribution in [3.05, 3.63) is 41.1 Å². The third kappa shape index (κ3) is 5.27. The summed E-state index contributed by atoms with van der Waals surface area (Å²) in [7, 11) is -4.30. The van der Waals surface area contributed by atoms with Crippen molar-refractivity contribution in [3.63, 3.8) is 0 Å². The largest absolute Gasteiger partial charge is 0.480 e. The number of aromatic nitrogens is 1. The molecule has 0 radical (unpaired) electrons. The van der Waals surface area contributed by atoms with E-state index in [4.69, 9.17) is 10.8 Å². The number of nitrogens with two attached hydrogens (primary N) is 1. The number of aliphatic carboxylic acids is 1. The average Bonchev–Trinajstić information content (AvgIpc) is 2.37. The van der Waals surface area contributed by atoms with Gasteiger partial charge >= 0.3 is 13.6 Å². The van der Waals surface area contributed by atoms with Crippen molar-refractivity contribution in [2.45, 2.75) is 25.5 Å². The van der Waals surface area contributed by atoms with Crippen molar-refractivity contribution in [1.82, 2.24) is 4.98 Å². The first-order valence-corrected chi connectivity index (χ1v) is 8.37. The molecule has 0 spiro atoms. The lowest BCUT2D eigenvalue weighted by atomic mass is 10.0. The van der Waals surface area contributed by atoms with Gasteiger partial charge in [-0.05, 0) is 30.2 Å². The van der Waals surface area contributed by atoms with Crippen molar-refractivity contribution in [2.24, 2.45) is 5.73 Å². The highest BCUT2D eigenvalue weighted by molar-refractivity contribution is 7.50. The number of rotatable bonds is 5. The minimum atomic E-state index is -4.30. The summed E-state index contributed by atoms with van der Waals surface area (Å²) in [5.74, 6) is -1.19. The molecule has 1 heterocycles. The number of pyridine rings is 1. The third-order valence-corrected chi connectivity index (χ3v) is 4.00. The highest BCUT2D eigenvalue weighted by Crippen LogP contribution is 2.40. The first-order chi connectivity index (χ1) is 10.2. The van der Waals surface area contributed by atoms with E-state index in [0.29, 0.717) is 16.8 Å². The molecule has 0 bridgehead atoms. The zero-order chi connectivity index (χ0) is 16.5. The van der Waals surface area contributed by atoms with Gasteiger partial charge in [-0.2, -0.15) is 0 Å². The Kier molecular flexibility index (Phi) is 6.27. The van der Waals surface area contributed by atoms with Crippen LogP contribution in [0.3, 0.4) is 0 Å². The molecule has 2 aromatic rings. The molecule has 7 nitrogen and oxygen atoms in total. The van der Waals surface area contributed by atoms with E-state index >= 15 is 0 Å². The van der Waals surface area contributed by atoms with Crippen LogP contribution in [0, 0.1) is 6.92 Å². The number of hydrogen-bond acceptors (Lipinski definition) is 4. The van der Waals surface area contributed by atoms with E-state index in [0.717, 1.165) is 10.9 Å². The Morgan fingerprint density at radius 2 is 2.00 bits per heavy atom. The first-order valence-electron chi connectivity index (χ1n) is 6.58. The number of fused-ring (bicyclic) bond motifs is 1. The van der Waals surface area contributed by atoms with Gasteiger partial charge in [0.1, 0.15) is 6.04 Å². The SMILES string of the molecule is Cc1ccc2cc(CP(=O)(O)O)c(C[C@@H](N)C(=O)O)nc2c1.Cl. The maximum absolute atomic E-state index is 11.3. The lowest BCUT2D eigenvalue weighted by Gasteiger charge is -2.14. The number of carboxylic acid groups (broad SMARTS) is 1. The third-order valence-electron chi connectivity index (χ3n) is 3.25. The number of halogens is 1. The van der Waals surface area contributed by atoms with E-state index in [9.17, 15) is 19.1 Å². The van der Waals surface area contributed by atoms with Gasteiger partial charge in [0.25, 0.3) is 0 Å². The molecule has 2 rings (SSSR count). The monoisotopic (exact) mass is 360 g/mol. The predicted molar refractivity (Wildman–Crippen MR) is 88.8 cm³/mol. The van der Waals surface area contributed by atoms with Gasteiger partial charge in [0, 0.05) is 17.5 Å². The molecule has 126 valence electrons. The molecule has 1 aromatic heterocycles. The quantitative estimate of drug-likeness (QED) is 0.595. The molecule has 5 N–H and O–H groups in total. The topological polar surface area (TPSA) is 134 Å². The van der Waals surface area contributed by atoms with E-state index in [1.54, 1.807) is 6.07 Å². The second-order valence-electron chi connectivity index (χ2n) is 5.26. The van der Waals surface area contributed by atoms with Crippen molar-refractivity contribution in [2.75, 3.05) is 0 Å². The molecular weight excluding hydrogens is 343 g/mol. The van der Waals surface area contributed by atoms with Crippen molar-refractivity contribution in [1.29, 1.82) is 0 Å². The Hall–Kier alpha value is -1.50. The summed E-state index contributed by atoms with van der Waals surface area (Å²) >= 11 is 0. The molecule has 0 amide bonds. The van der Waals surface area contributed by atoms with Crippen LogP contribution < -0.4 is 5.73 Å². The Balaban J connectivity index is 0.00000264. The summed E-state index contributed by atoms with van der Waals surface area (Å²) in [5, 5.41) is 9.66. The number of hydrogen-bond donors (Lipinski definition) is 4. The van der Waals surface area contributed by atoms with E-state index in [-0.39, 0.29) is 18.8 Å². The van der Waals surface area contributed by atoms with Gasteiger partial charge in [-0.3, -0.25) is 14.3 Å². The fourth-order valence-corrected chi connectivity index (χ4v) is 2.91. The molecule has 0 aliphatic heterocycles. The van der Waals surface area contributed by atoms with Crippen LogP contribution >= 0.6 is 20.0 Å². The van der Waals surface area contributed by atoms with Crippen molar-refractivity contribution < 1.29 is 24.3 Å². The molecule has 0 aliphatic carbocycles. The molecule has 0 saturated heterocycles. The molecule has 0 fully saturated rings. The summed E-state index contributed by atoms with van der Waals surface area (Å²) in [6.07, 6.45) is -0.583. The van der Waals surface area contributed by atoms with Crippen LogP contribution in [0.2, 0.25) is 0 Å².